The fourth-order valence-corrected chi connectivity index (χ4v) is 2.39. The summed E-state index contributed by atoms with van der Waals surface area (Å²) in [7, 11) is -3.46. The molecule has 0 aliphatic rings. The molecule has 1 aromatic carbocycles. The summed E-state index contributed by atoms with van der Waals surface area (Å²) in [6, 6.07) is 6.57. The van der Waals surface area contributed by atoms with Gasteiger partial charge in [0.1, 0.15) is 17.3 Å². The Morgan fingerprint density at radius 1 is 1.43 bits per heavy atom. The van der Waals surface area contributed by atoms with Crippen LogP contribution in [0, 0.1) is 0 Å². The smallest absolute Gasteiger partial charge is 0.235 e. The van der Waals surface area contributed by atoms with Crippen LogP contribution in [0.3, 0.4) is 0 Å². The van der Waals surface area contributed by atoms with Crippen LogP contribution in [-0.4, -0.2) is 38.5 Å². The molecule has 0 saturated carbocycles. The normalized spacial score (nSPS) is 11.4. The second kappa shape index (κ2) is 8.16. The van der Waals surface area contributed by atoms with Crippen LogP contribution in [0.5, 0.6) is 5.75 Å². The second-order valence-electron chi connectivity index (χ2n) is 4.62. The minimum atomic E-state index is -3.46. The summed E-state index contributed by atoms with van der Waals surface area (Å²) in [6.07, 6.45) is -0.00275. The van der Waals surface area contributed by atoms with Crippen molar-refractivity contribution in [2.24, 2.45) is 5.73 Å². The molecule has 3 N–H and O–H groups in total. The van der Waals surface area contributed by atoms with Gasteiger partial charge < -0.3 is 15.2 Å². The lowest BCUT2D eigenvalue weighted by atomic mass is 10.3. The van der Waals surface area contributed by atoms with Crippen molar-refractivity contribution in [2.45, 2.75) is 20.0 Å². The van der Waals surface area contributed by atoms with E-state index >= 15 is 0 Å². The largest absolute Gasteiger partial charge is 0.486 e. The summed E-state index contributed by atoms with van der Waals surface area (Å²) in [5.74, 6) is 0.379. The minimum absolute atomic E-state index is 0.00275. The Hall–Kier alpha value is -1.38. The maximum Gasteiger partial charge on any atom is 0.235 e. The average molecular weight is 332 g/mol. The van der Waals surface area contributed by atoms with Crippen molar-refractivity contribution in [3.8, 4) is 5.75 Å². The van der Waals surface area contributed by atoms with Crippen LogP contribution in [0.1, 0.15) is 13.8 Å². The number of ether oxygens (including phenoxy) is 2. The molecule has 0 aliphatic heterocycles. The number of benzene rings is 1. The van der Waals surface area contributed by atoms with Crippen LogP contribution in [0.25, 0.3) is 0 Å². The van der Waals surface area contributed by atoms with Crippen LogP contribution in [0.2, 0.25) is 0 Å². The van der Waals surface area contributed by atoms with Crippen LogP contribution in [-0.2, 0) is 14.8 Å². The van der Waals surface area contributed by atoms with Gasteiger partial charge in [-0.3, -0.25) is 4.72 Å². The van der Waals surface area contributed by atoms with Crippen molar-refractivity contribution in [3.05, 3.63) is 24.3 Å². The lowest BCUT2D eigenvalue weighted by molar-refractivity contribution is 0.0913. The van der Waals surface area contributed by atoms with Gasteiger partial charge in [0.05, 0.1) is 24.2 Å². The summed E-state index contributed by atoms with van der Waals surface area (Å²) in [5.41, 5.74) is 5.76. The Labute approximate surface area is 130 Å². The maximum absolute atomic E-state index is 11.9. The van der Waals surface area contributed by atoms with Gasteiger partial charge in [-0.1, -0.05) is 18.3 Å². The number of nitrogens with two attached hydrogens (primary N) is 1. The van der Waals surface area contributed by atoms with Gasteiger partial charge in [0.2, 0.25) is 10.0 Å². The number of rotatable bonds is 9. The Morgan fingerprint density at radius 2 is 2.14 bits per heavy atom. The predicted octanol–water partition coefficient (Wildman–Crippen LogP) is 1.52. The number of nitrogens with one attached hydrogen (secondary N) is 1. The van der Waals surface area contributed by atoms with E-state index in [1.54, 1.807) is 24.3 Å². The SMILES string of the molecule is CC(C)OCCS(=O)(=O)Nc1cccc(OCC(N)=S)c1. The average Bonchev–Trinajstić information content (AvgIpc) is 2.35. The molecule has 0 aliphatic carbocycles. The Bertz CT molecular complexity index is 573. The third-order valence-electron chi connectivity index (χ3n) is 2.29. The van der Waals surface area contributed by atoms with Crippen LogP contribution in [0.4, 0.5) is 5.69 Å². The molecular formula is C13H20N2O4S2. The lowest BCUT2D eigenvalue weighted by Gasteiger charge is -2.11. The van der Waals surface area contributed by atoms with Crippen LogP contribution in [0.15, 0.2) is 24.3 Å². The highest BCUT2D eigenvalue weighted by atomic mass is 32.2. The Kier molecular flexibility index (Phi) is 6.86. The minimum Gasteiger partial charge on any atom is -0.486 e. The van der Waals surface area contributed by atoms with Crippen molar-refractivity contribution >= 4 is 32.9 Å². The molecule has 0 amide bonds. The molecule has 0 fully saturated rings. The molecule has 21 heavy (non-hydrogen) atoms. The van der Waals surface area contributed by atoms with Crippen molar-refractivity contribution in [1.29, 1.82) is 0 Å². The number of anilines is 1. The zero-order valence-corrected chi connectivity index (χ0v) is 13.7. The van der Waals surface area contributed by atoms with E-state index in [2.05, 4.69) is 4.72 Å². The molecule has 6 nitrogen and oxygen atoms in total. The number of hydrogen-bond donors (Lipinski definition) is 2. The van der Waals surface area contributed by atoms with E-state index in [1.165, 1.54) is 0 Å². The van der Waals surface area contributed by atoms with Gasteiger partial charge in [-0.15, -0.1) is 0 Å². The Balaban J connectivity index is 2.60. The maximum atomic E-state index is 11.9. The lowest BCUT2D eigenvalue weighted by Crippen LogP contribution is -2.21. The molecule has 0 radical (unpaired) electrons. The summed E-state index contributed by atoms with van der Waals surface area (Å²) in [4.78, 5) is 0.229. The zero-order chi connectivity index (χ0) is 15.9. The molecule has 0 saturated heterocycles. The molecule has 0 bridgehead atoms. The van der Waals surface area contributed by atoms with Gasteiger partial charge in [-0.2, -0.15) is 0 Å². The summed E-state index contributed by atoms with van der Waals surface area (Å²) < 4.78 is 36.8. The van der Waals surface area contributed by atoms with E-state index < -0.39 is 10.0 Å². The van der Waals surface area contributed by atoms with E-state index in [9.17, 15) is 8.42 Å². The van der Waals surface area contributed by atoms with E-state index in [4.69, 9.17) is 27.4 Å². The van der Waals surface area contributed by atoms with Crippen molar-refractivity contribution < 1.29 is 17.9 Å². The molecule has 0 spiro atoms. The highest BCUT2D eigenvalue weighted by molar-refractivity contribution is 7.92. The van der Waals surface area contributed by atoms with Crippen LogP contribution < -0.4 is 15.2 Å². The highest BCUT2D eigenvalue weighted by Crippen LogP contribution is 2.18. The van der Waals surface area contributed by atoms with Crippen LogP contribution >= 0.6 is 12.2 Å². The predicted molar refractivity (Wildman–Crippen MR) is 87.2 cm³/mol. The van der Waals surface area contributed by atoms with Gasteiger partial charge in [-0.05, 0) is 26.0 Å². The fraction of sp³-hybridized carbons (Fsp3) is 0.462. The first-order chi connectivity index (χ1) is 9.78. The first-order valence-electron chi connectivity index (χ1n) is 6.42. The molecule has 0 unspecified atom stereocenters. The second-order valence-corrected chi connectivity index (χ2v) is 6.99. The molecule has 118 valence electrons. The molecule has 8 heteroatoms. The van der Waals surface area contributed by atoms with E-state index in [-0.39, 0.29) is 30.1 Å². The van der Waals surface area contributed by atoms with E-state index in [1.807, 2.05) is 13.8 Å². The third-order valence-corrected chi connectivity index (χ3v) is 3.66. The Morgan fingerprint density at radius 3 is 2.76 bits per heavy atom. The third kappa shape index (κ3) is 7.84. The molecular weight excluding hydrogens is 312 g/mol. The van der Waals surface area contributed by atoms with Crippen molar-refractivity contribution in [2.75, 3.05) is 23.7 Å². The quantitative estimate of drug-likeness (QED) is 0.666. The first kappa shape index (κ1) is 17.7. The van der Waals surface area contributed by atoms with Gasteiger partial charge in [0.15, 0.2) is 0 Å². The molecule has 0 atom stereocenters. The molecule has 0 heterocycles. The topological polar surface area (TPSA) is 90.7 Å². The van der Waals surface area contributed by atoms with Gasteiger partial charge in [-0.25, -0.2) is 8.42 Å². The van der Waals surface area contributed by atoms with E-state index in [0.717, 1.165) is 0 Å². The van der Waals surface area contributed by atoms with Crippen molar-refractivity contribution in [3.63, 3.8) is 0 Å². The summed E-state index contributed by atoms with van der Waals surface area (Å²) >= 11 is 4.71. The standard InChI is InChI=1S/C13H20N2O4S2/c1-10(2)18-6-7-21(16,17)15-11-4-3-5-12(8-11)19-9-13(14)20/h3-5,8,10,15H,6-7,9H2,1-2H3,(H2,14,20). The van der Waals surface area contributed by atoms with Gasteiger partial charge >= 0.3 is 0 Å². The summed E-state index contributed by atoms with van der Waals surface area (Å²) in [5, 5.41) is 0. The summed E-state index contributed by atoms with van der Waals surface area (Å²) in [6.45, 7) is 3.95. The fourth-order valence-electron chi connectivity index (χ4n) is 1.43. The number of hydrogen-bond acceptors (Lipinski definition) is 5. The number of thiocarbonyl (C=S) groups is 1. The van der Waals surface area contributed by atoms with Crippen molar-refractivity contribution in [1.82, 2.24) is 0 Å². The molecule has 1 rings (SSSR count). The van der Waals surface area contributed by atoms with Gasteiger partial charge in [0, 0.05) is 6.07 Å². The number of sulfonamides is 1. The molecule has 0 aromatic heterocycles. The van der Waals surface area contributed by atoms with Gasteiger partial charge in [0.25, 0.3) is 0 Å². The first-order valence-corrected chi connectivity index (χ1v) is 8.48. The molecule has 1 aromatic rings. The monoisotopic (exact) mass is 332 g/mol. The zero-order valence-electron chi connectivity index (χ0n) is 12.0. The highest BCUT2D eigenvalue weighted by Gasteiger charge is 2.11. The van der Waals surface area contributed by atoms with E-state index in [0.29, 0.717) is 11.4 Å².